The number of benzene rings is 2. The Hall–Kier alpha value is -2.90. The molecule has 3 aromatic rings. The van der Waals surface area contributed by atoms with Crippen LogP contribution in [0, 0.1) is 23.7 Å². The summed E-state index contributed by atoms with van der Waals surface area (Å²) in [6.45, 7) is 23.8. The van der Waals surface area contributed by atoms with Gasteiger partial charge in [-0.05, 0) is 155 Å². The molecule has 0 aliphatic carbocycles. The molecule has 0 aliphatic heterocycles. The van der Waals surface area contributed by atoms with Gasteiger partial charge in [0.25, 0.3) is 0 Å². The zero-order valence-electron chi connectivity index (χ0n) is 30.5. The van der Waals surface area contributed by atoms with Gasteiger partial charge in [-0.25, -0.2) is 0 Å². The molecule has 1 heterocycles. The molecule has 0 saturated heterocycles. The molecule has 0 spiro atoms. The van der Waals surface area contributed by atoms with Crippen LogP contribution in [0.1, 0.15) is 126 Å². The fourth-order valence-electron chi connectivity index (χ4n) is 6.31. The van der Waals surface area contributed by atoms with Crippen LogP contribution in [-0.2, 0) is 12.8 Å². The van der Waals surface area contributed by atoms with Crippen molar-refractivity contribution in [3.8, 4) is 0 Å². The summed E-state index contributed by atoms with van der Waals surface area (Å²) in [6.07, 6.45) is 7.24. The van der Waals surface area contributed by atoms with Gasteiger partial charge in [-0.3, -0.25) is 0 Å². The monoisotopic (exact) mass is 648 g/mol. The van der Waals surface area contributed by atoms with Crippen molar-refractivity contribution < 1.29 is 24.2 Å². The third kappa shape index (κ3) is 11.9. The van der Waals surface area contributed by atoms with Gasteiger partial charge in [0.2, 0.25) is 0 Å². The van der Waals surface area contributed by atoms with Crippen molar-refractivity contribution in [1.29, 1.82) is 0 Å². The van der Waals surface area contributed by atoms with Crippen LogP contribution in [0.4, 0.5) is 0 Å². The van der Waals surface area contributed by atoms with E-state index in [1.165, 1.54) is 6.07 Å². The molecule has 1 aromatic heterocycles. The van der Waals surface area contributed by atoms with Gasteiger partial charge in [0.05, 0.1) is 11.9 Å². The summed E-state index contributed by atoms with van der Waals surface area (Å²) in [6, 6.07) is 6.53. The minimum atomic E-state index is -1.27. The Morgan fingerprint density at radius 1 is 0.638 bits per heavy atom. The molecule has 7 nitrogen and oxygen atoms in total. The van der Waals surface area contributed by atoms with E-state index in [1.807, 2.05) is 6.07 Å². The van der Waals surface area contributed by atoms with E-state index in [2.05, 4.69) is 65.2 Å². The number of nitrogens with zero attached hydrogens (tertiary/aromatic N) is 2. The molecule has 7 heteroatoms. The van der Waals surface area contributed by atoms with Crippen LogP contribution in [0.5, 0.6) is 0 Å². The third-order valence-electron chi connectivity index (χ3n) is 9.30. The lowest BCUT2D eigenvalue weighted by molar-refractivity contribution is -0.256. The van der Waals surface area contributed by atoms with Crippen molar-refractivity contribution in [3.63, 3.8) is 0 Å². The Labute approximate surface area is 283 Å². The number of carboxylic acids is 2. The van der Waals surface area contributed by atoms with Gasteiger partial charge in [0.1, 0.15) is 11.2 Å². The number of furan rings is 1. The molecule has 0 bridgehead atoms. The van der Waals surface area contributed by atoms with Crippen LogP contribution in [0.25, 0.3) is 21.9 Å². The first-order valence-electron chi connectivity index (χ1n) is 18.1. The topological polar surface area (TPSA) is 99.9 Å². The van der Waals surface area contributed by atoms with Crippen LogP contribution < -0.4 is 10.2 Å². The maximum Gasteiger partial charge on any atom is 0.136 e. The first kappa shape index (κ1) is 38.5. The van der Waals surface area contributed by atoms with E-state index in [9.17, 15) is 19.8 Å². The largest absolute Gasteiger partial charge is 0.545 e. The minimum absolute atomic E-state index is 0.0432. The van der Waals surface area contributed by atoms with Crippen LogP contribution in [0.2, 0.25) is 0 Å². The van der Waals surface area contributed by atoms with Crippen LogP contribution in [0.3, 0.4) is 0 Å². The van der Waals surface area contributed by atoms with Gasteiger partial charge in [-0.1, -0.05) is 55.4 Å². The Balaban J connectivity index is 1.99. The van der Waals surface area contributed by atoms with E-state index in [1.54, 1.807) is 12.1 Å². The summed E-state index contributed by atoms with van der Waals surface area (Å²) in [5, 5.41) is 26.0. The Morgan fingerprint density at radius 2 is 1.13 bits per heavy atom. The van der Waals surface area contributed by atoms with E-state index in [0.29, 0.717) is 64.0 Å². The lowest BCUT2D eigenvalue weighted by Crippen LogP contribution is -2.30. The fourth-order valence-corrected chi connectivity index (χ4v) is 6.31. The number of fused-ring (bicyclic) bond motifs is 3. The van der Waals surface area contributed by atoms with E-state index < -0.39 is 11.9 Å². The number of hydrogen-bond acceptors (Lipinski definition) is 7. The predicted molar refractivity (Wildman–Crippen MR) is 190 cm³/mol. The molecule has 0 N–H and O–H groups in total. The number of aromatic carboxylic acids is 2. The highest BCUT2D eigenvalue weighted by atomic mass is 16.4. The van der Waals surface area contributed by atoms with Crippen molar-refractivity contribution in [2.75, 3.05) is 39.3 Å². The standard InChI is InChI=1S/C40H62N2O5/c1-27(2)15-21-41(22-16-28(3)4)19-9-11-31-26-36-38(34-25-32(39(43)44)13-14-35(34)47-36)33(37(31)40(45)46)12-10-20-42(23-17-29(5)6)24-18-30(7)8/h13-14,25-30H,9-12,15-24H2,1-8H3,(H,43,44)(H,45,46)/p-2. The summed E-state index contributed by atoms with van der Waals surface area (Å²) in [5.74, 6) is 0.0193. The Bertz CT molecular complexity index is 1410. The maximum absolute atomic E-state index is 13.0. The van der Waals surface area contributed by atoms with Crippen molar-refractivity contribution in [2.45, 2.75) is 107 Å². The lowest BCUT2D eigenvalue weighted by atomic mass is 9.90. The number of hydrogen-bond donors (Lipinski definition) is 0. The number of rotatable bonds is 22. The molecule has 2 aromatic carbocycles. The quantitative estimate of drug-likeness (QED) is 0.116. The average molecular weight is 649 g/mol. The van der Waals surface area contributed by atoms with E-state index in [0.717, 1.165) is 83.4 Å². The van der Waals surface area contributed by atoms with Crippen molar-refractivity contribution in [2.24, 2.45) is 23.7 Å². The number of carboxylic acid groups (broad SMARTS) is 2. The van der Waals surface area contributed by atoms with E-state index in [4.69, 9.17) is 4.42 Å². The first-order valence-corrected chi connectivity index (χ1v) is 18.1. The number of carbonyl (C=O) groups excluding carboxylic acids is 2. The second-order valence-electron chi connectivity index (χ2n) is 15.3. The molecular weight excluding hydrogens is 588 g/mol. The zero-order chi connectivity index (χ0) is 34.7. The van der Waals surface area contributed by atoms with Gasteiger partial charge in [-0.2, -0.15) is 0 Å². The molecule has 0 fully saturated rings. The Kier molecular flexibility index (Phi) is 15.2. The highest BCUT2D eigenvalue weighted by molar-refractivity contribution is 6.11. The van der Waals surface area contributed by atoms with Crippen LogP contribution in [-0.4, -0.2) is 61.0 Å². The lowest BCUT2D eigenvalue weighted by Gasteiger charge is -2.25. The van der Waals surface area contributed by atoms with Crippen LogP contribution in [0.15, 0.2) is 28.7 Å². The Morgan fingerprint density at radius 3 is 1.57 bits per heavy atom. The van der Waals surface area contributed by atoms with Crippen molar-refractivity contribution in [1.82, 2.24) is 9.80 Å². The van der Waals surface area contributed by atoms with Gasteiger partial charge >= 0.3 is 0 Å². The summed E-state index contributed by atoms with van der Waals surface area (Å²) < 4.78 is 6.27. The third-order valence-corrected chi connectivity index (χ3v) is 9.30. The maximum atomic E-state index is 13.0. The number of aryl methyl sites for hydroxylation is 2. The second kappa shape index (κ2) is 18.6. The van der Waals surface area contributed by atoms with E-state index in [-0.39, 0.29) is 11.1 Å². The molecular formula is C40H60N2O5-2. The predicted octanol–water partition coefficient (Wildman–Crippen LogP) is 6.97. The van der Waals surface area contributed by atoms with Gasteiger partial charge in [0, 0.05) is 16.3 Å². The molecule has 3 rings (SSSR count). The van der Waals surface area contributed by atoms with Crippen molar-refractivity contribution in [3.05, 3.63) is 46.5 Å². The summed E-state index contributed by atoms with van der Waals surface area (Å²) in [5.41, 5.74) is 2.84. The minimum Gasteiger partial charge on any atom is -0.545 e. The molecule has 0 radical (unpaired) electrons. The average Bonchev–Trinajstić information content (AvgIpc) is 3.36. The number of carbonyl (C=O) groups is 2. The summed E-state index contributed by atoms with van der Waals surface area (Å²) in [4.78, 5) is 29.7. The molecule has 47 heavy (non-hydrogen) atoms. The molecule has 262 valence electrons. The second-order valence-corrected chi connectivity index (χ2v) is 15.3. The highest BCUT2D eigenvalue weighted by Crippen LogP contribution is 2.36. The zero-order valence-corrected chi connectivity index (χ0v) is 30.5. The molecule has 0 atom stereocenters. The molecule has 0 amide bonds. The molecule has 0 unspecified atom stereocenters. The smallest absolute Gasteiger partial charge is 0.136 e. The van der Waals surface area contributed by atoms with Crippen molar-refractivity contribution >= 4 is 33.9 Å². The van der Waals surface area contributed by atoms with Gasteiger partial charge < -0.3 is 34.0 Å². The first-order chi connectivity index (χ1) is 22.3. The summed E-state index contributed by atoms with van der Waals surface area (Å²) >= 11 is 0. The highest BCUT2D eigenvalue weighted by Gasteiger charge is 2.21. The molecule has 0 aliphatic rings. The van der Waals surface area contributed by atoms with Gasteiger partial charge in [-0.15, -0.1) is 0 Å². The fraction of sp³-hybridized carbons (Fsp3) is 0.650. The van der Waals surface area contributed by atoms with E-state index >= 15 is 0 Å². The van der Waals surface area contributed by atoms with Crippen LogP contribution >= 0.6 is 0 Å². The SMILES string of the molecule is CC(C)CCN(CCCc1cc2oc3ccc(C(=O)[O-])cc3c2c(CCCN(CCC(C)C)CCC(C)C)c1C(=O)[O-])CCC(C)C. The van der Waals surface area contributed by atoms with Gasteiger partial charge in [0.15, 0.2) is 0 Å². The normalized spacial score (nSPS) is 12.4. The molecule has 0 saturated carbocycles. The summed E-state index contributed by atoms with van der Waals surface area (Å²) in [7, 11) is 0.